The van der Waals surface area contributed by atoms with Gasteiger partial charge in [0.1, 0.15) is 0 Å². The van der Waals surface area contributed by atoms with E-state index in [0.29, 0.717) is 10.8 Å². The average molecular weight is 301 g/mol. The molecule has 0 radical (unpaired) electrons. The van der Waals surface area contributed by atoms with Gasteiger partial charge in [0.15, 0.2) is 0 Å². The summed E-state index contributed by atoms with van der Waals surface area (Å²) in [4.78, 5) is 0. The highest BCUT2D eigenvalue weighted by Gasteiger charge is 2.70. The molecule has 0 saturated heterocycles. The van der Waals surface area contributed by atoms with E-state index in [1.165, 1.54) is 35.5 Å². The van der Waals surface area contributed by atoms with Crippen molar-refractivity contribution in [2.45, 2.75) is 67.2 Å². The van der Waals surface area contributed by atoms with E-state index in [9.17, 15) is 0 Å². The lowest BCUT2D eigenvalue weighted by molar-refractivity contribution is 0.189. The first-order chi connectivity index (χ1) is 10.2. The van der Waals surface area contributed by atoms with Gasteiger partial charge >= 0.3 is 0 Å². The van der Waals surface area contributed by atoms with Crippen molar-refractivity contribution in [1.82, 2.24) is 0 Å². The molecule has 0 spiro atoms. The summed E-state index contributed by atoms with van der Waals surface area (Å²) in [5, 5.41) is 0. The van der Waals surface area contributed by atoms with Crippen LogP contribution in [0.25, 0.3) is 0 Å². The fraction of sp³-hybridized carbons (Fsp3) is 1.00. The van der Waals surface area contributed by atoms with Crippen LogP contribution >= 0.6 is 0 Å². The molecule has 0 aromatic heterocycles. The molecule has 0 aromatic carbocycles. The van der Waals surface area contributed by atoms with Crippen molar-refractivity contribution in [2.24, 2.45) is 70.0 Å². The van der Waals surface area contributed by atoms with Gasteiger partial charge in [0.05, 0.1) is 0 Å². The average Bonchev–Trinajstić information content (AvgIpc) is 3.04. The van der Waals surface area contributed by atoms with Gasteiger partial charge in [0.2, 0.25) is 0 Å². The molecule has 6 unspecified atom stereocenters. The normalized spacial score (nSPS) is 58.6. The van der Waals surface area contributed by atoms with Crippen LogP contribution in [0.1, 0.15) is 67.2 Å². The SMILES string of the molecule is CC(C)(C)C1C2CC3C(C2)C31.CC(C)(C)C1C2CC3C(C2)C31. The van der Waals surface area contributed by atoms with Crippen molar-refractivity contribution in [3.63, 3.8) is 0 Å². The maximum absolute atomic E-state index is 2.44. The van der Waals surface area contributed by atoms with E-state index < -0.39 is 0 Å². The largest absolute Gasteiger partial charge is 0.0599 e. The van der Waals surface area contributed by atoms with Crippen molar-refractivity contribution in [3.05, 3.63) is 0 Å². The summed E-state index contributed by atoms with van der Waals surface area (Å²) in [6, 6.07) is 0. The second kappa shape index (κ2) is 3.97. The molecule has 0 nitrogen and oxygen atoms in total. The molecule has 6 atom stereocenters. The molecule has 124 valence electrons. The van der Waals surface area contributed by atoms with E-state index in [-0.39, 0.29) is 0 Å². The van der Waals surface area contributed by atoms with Gasteiger partial charge in [0, 0.05) is 0 Å². The van der Waals surface area contributed by atoms with Crippen molar-refractivity contribution in [1.29, 1.82) is 0 Å². The van der Waals surface area contributed by atoms with Crippen LogP contribution in [-0.2, 0) is 0 Å². The molecule has 0 heteroatoms. The predicted octanol–water partition coefficient (Wildman–Crippen LogP) is 5.87. The van der Waals surface area contributed by atoms with E-state index in [0.717, 1.165) is 23.7 Å². The van der Waals surface area contributed by atoms with Crippen LogP contribution in [0, 0.1) is 70.0 Å². The first-order valence-electron chi connectivity index (χ1n) is 10.2. The van der Waals surface area contributed by atoms with Crippen LogP contribution in [0.15, 0.2) is 0 Å². The van der Waals surface area contributed by atoms with E-state index in [4.69, 9.17) is 0 Å². The third-order valence-electron chi connectivity index (χ3n) is 8.94. The summed E-state index contributed by atoms with van der Waals surface area (Å²) in [6.07, 6.45) is 6.38. The van der Waals surface area contributed by atoms with Crippen molar-refractivity contribution in [3.8, 4) is 0 Å². The molecular weight excluding hydrogens is 264 g/mol. The Morgan fingerprint density at radius 2 is 0.773 bits per heavy atom. The van der Waals surface area contributed by atoms with Crippen LogP contribution in [-0.4, -0.2) is 0 Å². The standard InChI is InChI=1S/2C11H18/c2*1-11(2,3)10-6-4-7-8(5-6)9(7)10/h2*6-10H,4-5H2,1-3H3. The van der Waals surface area contributed by atoms with Crippen molar-refractivity contribution in [2.75, 3.05) is 0 Å². The highest BCUT2D eigenvalue weighted by molar-refractivity contribution is 5.18. The number of hydrogen-bond acceptors (Lipinski definition) is 0. The minimum atomic E-state index is 0.606. The maximum Gasteiger partial charge on any atom is -0.0303 e. The van der Waals surface area contributed by atoms with Gasteiger partial charge in [-0.1, -0.05) is 41.5 Å². The Kier molecular flexibility index (Phi) is 2.59. The zero-order valence-electron chi connectivity index (χ0n) is 15.6. The summed E-state index contributed by atoms with van der Waals surface area (Å²) in [7, 11) is 0. The Morgan fingerprint density at radius 3 is 0.864 bits per heavy atom. The molecule has 0 aliphatic heterocycles. The molecule has 8 aliphatic carbocycles. The van der Waals surface area contributed by atoms with Gasteiger partial charge in [-0.25, -0.2) is 0 Å². The lowest BCUT2D eigenvalue weighted by Gasteiger charge is -2.30. The second-order valence-electron chi connectivity index (χ2n) is 12.1. The quantitative estimate of drug-likeness (QED) is 0.525. The smallest absolute Gasteiger partial charge is 0.0303 e. The second-order valence-corrected chi connectivity index (χ2v) is 12.1. The Bertz CT molecular complexity index is 415. The summed E-state index contributed by atoms with van der Waals surface area (Å²) in [5.74, 6) is 11.6. The Hall–Kier alpha value is 0. The Morgan fingerprint density at radius 1 is 0.500 bits per heavy atom. The third kappa shape index (κ3) is 1.76. The number of hydrogen-bond donors (Lipinski definition) is 0. The molecule has 8 rings (SSSR count). The van der Waals surface area contributed by atoms with E-state index in [1.54, 1.807) is 25.7 Å². The van der Waals surface area contributed by atoms with Crippen molar-refractivity contribution < 1.29 is 0 Å². The van der Waals surface area contributed by atoms with Crippen LogP contribution < -0.4 is 0 Å². The third-order valence-corrected chi connectivity index (χ3v) is 8.94. The maximum atomic E-state index is 2.44. The molecule has 8 aliphatic rings. The molecule has 0 heterocycles. The zero-order valence-corrected chi connectivity index (χ0v) is 15.6. The van der Waals surface area contributed by atoms with Crippen LogP contribution in [0.3, 0.4) is 0 Å². The first-order valence-corrected chi connectivity index (χ1v) is 10.2. The molecule has 8 fully saturated rings. The summed E-state index contributed by atoms with van der Waals surface area (Å²) >= 11 is 0. The van der Waals surface area contributed by atoms with Crippen LogP contribution in [0.4, 0.5) is 0 Å². The summed E-state index contributed by atoms with van der Waals surface area (Å²) in [6.45, 7) is 14.6. The molecule has 0 amide bonds. The predicted molar refractivity (Wildman–Crippen MR) is 92.3 cm³/mol. The van der Waals surface area contributed by atoms with Crippen molar-refractivity contribution >= 4 is 0 Å². The monoisotopic (exact) mass is 300 g/mol. The van der Waals surface area contributed by atoms with E-state index in [2.05, 4.69) is 41.5 Å². The lowest BCUT2D eigenvalue weighted by atomic mass is 9.75. The molecule has 0 N–H and O–H groups in total. The molecule has 0 aromatic rings. The van der Waals surface area contributed by atoms with Crippen LogP contribution in [0.2, 0.25) is 0 Å². The summed E-state index contributed by atoms with van der Waals surface area (Å²) in [5.41, 5.74) is 1.21. The zero-order chi connectivity index (χ0) is 15.6. The van der Waals surface area contributed by atoms with Gasteiger partial charge in [-0.05, 0) is 95.7 Å². The fourth-order valence-corrected chi connectivity index (χ4v) is 8.72. The van der Waals surface area contributed by atoms with Gasteiger partial charge < -0.3 is 0 Å². The number of rotatable bonds is 0. The molecule has 8 bridgehead atoms. The van der Waals surface area contributed by atoms with Crippen LogP contribution in [0.5, 0.6) is 0 Å². The van der Waals surface area contributed by atoms with Gasteiger partial charge in [-0.3, -0.25) is 0 Å². The first kappa shape index (κ1) is 14.4. The Balaban J connectivity index is 0.000000102. The fourth-order valence-electron chi connectivity index (χ4n) is 8.72. The van der Waals surface area contributed by atoms with E-state index >= 15 is 0 Å². The van der Waals surface area contributed by atoms with Gasteiger partial charge in [-0.15, -0.1) is 0 Å². The minimum Gasteiger partial charge on any atom is -0.0599 e. The topological polar surface area (TPSA) is 0 Å². The van der Waals surface area contributed by atoms with Gasteiger partial charge in [0.25, 0.3) is 0 Å². The highest BCUT2D eigenvalue weighted by Crippen LogP contribution is 2.77. The van der Waals surface area contributed by atoms with Gasteiger partial charge in [-0.2, -0.15) is 0 Å². The highest BCUT2D eigenvalue weighted by atomic mass is 14.8. The lowest BCUT2D eigenvalue weighted by Crippen LogP contribution is -2.23. The Labute approximate surface area is 137 Å². The molecular formula is C22H36. The molecule has 8 saturated carbocycles. The van der Waals surface area contributed by atoms with E-state index in [1.807, 2.05) is 0 Å². The summed E-state index contributed by atoms with van der Waals surface area (Å²) < 4.78 is 0. The minimum absolute atomic E-state index is 0.606. The molecule has 22 heavy (non-hydrogen) atoms.